The molecule has 0 N–H and O–H groups in total. The summed E-state index contributed by atoms with van der Waals surface area (Å²) < 4.78 is 5.42. The Labute approximate surface area is 73.6 Å². The van der Waals surface area contributed by atoms with E-state index in [1.54, 1.807) is 0 Å². The van der Waals surface area contributed by atoms with Gasteiger partial charge in [0.1, 0.15) is 6.07 Å². The van der Waals surface area contributed by atoms with E-state index >= 15 is 0 Å². The first-order chi connectivity index (χ1) is 5.33. The van der Waals surface area contributed by atoms with E-state index in [-0.39, 0.29) is 0 Å². The monoisotopic (exact) mass is 217 g/mol. The Bertz CT molecular complexity index is 192. The summed E-state index contributed by atoms with van der Waals surface area (Å²) in [6.45, 7) is 2.90. The first-order valence-corrected chi connectivity index (χ1v) is 4.09. The molecule has 0 bridgehead atoms. The van der Waals surface area contributed by atoms with Crippen molar-refractivity contribution in [3.8, 4) is 6.07 Å². The van der Waals surface area contributed by atoms with Gasteiger partial charge in [0, 0.05) is 0 Å². The topological polar surface area (TPSA) is 48.6 Å². The van der Waals surface area contributed by atoms with Gasteiger partial charge < -0.3 is 4.74 Å². The largest absolute Gasteiger partial charge is 0.378 e. The molecule has 11 heavy (non-hydrogen) atoms. The maximum Gasteiger partial charge on any atom is 0.202 e. The summed E-state index contributed by atoms with van der Waals surface area (Å²) in [5.74, 6) is 0. The van der Waals surface area contributed by atoms with Gasteiger partial charge in [-0.25, -0.2) is 0 Å². The molecule has 0 saturated carbocycles. The SMILES string of the molecule is N#CC(Br)=NN1CCOCC1. The first kappa shape index (κ1) is 8.50. The second kappa shape index (κ2) is 4.31. The summed E-state index contributed by atoms with van der Waals surface area (Å²) in [5, 5.41) is 14.2. The number of hydrogen-bond donors (Lipinski definition) is 0. The number of hydrazone groups is 1. The molecular formula is C6H8BrN3O. The maximum absolute atomic E-state index is 8.38. The predicted octanol–water partition coefficient (Wildman–Crippen LogP) is 0.551. The van der Waals surface area contributed by atoms with Crippen LogP contribution in [0, 0.1) is 11.3 Å². The van der Waals surface area contributed by atoms with Crippen LogP contribution in [0.4, 0.5) is 0 Å². The van der Waals surface area contributed by atoms with Crippen molar-refractivity contribution in [3.05, 3.63) is 0 Å². The quantitative estimate of drug-likeness (QED) is 0.604. The number of morpholine rings is 1. The lowest BCUT2D eigenvalue weighted by Gasteiger charge is -2.23. The van der Waals surface area contributed by atoms with Gasteiger partial charge in [0.25, 0.3) is 0 Å². The highest BCUT2D eigenvalue weighted by atomic mass is 79.9. The van der Waals surface area contributed by atoms with Crippen molar-refractivity contribution >= 4 is 20.6 Å². The lowest BCUT2D eigenvalue weighted by Crippen LogP contribution is -2.32. The highest BCUT2D eigenvalue weighted by molar-refractivity contribution is 9.18. The summed E-state index contributed by atoms with van der Waals surface area (Å²) in [5.41, 5.74) is 0. The van der Waals surface area contributed by atoms with Crippen LogP contribution in [-0.4, -0.2) is 35.9 Å². The van der Waals surface area contributed by atoms with E-state index in [0.29, 0.717) is 17.8 Å². The van der Waals surface area contributed by atoms with E-state index in [1.165, 1.54) is 0 Å². The van der Waals surface area contributed by atoms with Crippen LogP contribution >= 0.6 is 15.9 Å². The molecule has 1 fully saturated rings. The third-order valence-corrected chi connectivity index (χ3v) is 1.64. The predicted molar refractivity (Wildman–Crippen MR) is 44.4 cm³/mol. The van der Waals surface area contributed by atoms with Crippen molar-refractivity contribution < 1.29 is 4.74 Å². The van der Waals surface area contributed by atoms with Crippen molar-refractivity contribution in [2.45, 2.75) is 0 Å². The van der Waals surface area contributed by atoms with Crippen molar-refractivity contribution in [1.82, 2.24) is 5.01 Å². The van der Waals surface area contributed by atoms with Crippen molar-refractivity contribution in [3.63, 3.8) is 0 Å². The minimum atomic E-state index is 0.319. The molecule has 0 spiro atoms. The molecule has 0 atom stereocenters. The molecule has 0 amide bonds. The van der Waals surface area contributed by atoms with Crippen LogP contribution in [0.1, 0.15) is 0 Å². The Morgan fingerprint density at radius 1 is 1.55 bits per heavy atom. The van der Waals surface area contributed by atoms with Gasteiger partial charge in [0.05, 0.1) is 26.3 Å². The third kappa shape index (κ3) is 2.87. The number of rotatable bonds is 1. The van der Waals surface area contributed by atoms with E-state index in [2.05, 4.69) is 21.0 Å². The zero-order chi connectivity index (χ0) is 8.10. The molecule has 0 aromatic carbocycles. The summed E-state index contributed by atoms with van der Waals surface area (Å²) in [7, 11) is 0. The van der Waals surface area contributed by atoms with Crippen molar-refractivity contribution in [2.75, 3.05) is 26.3 Å². The average molecular weight is 218 g/mol. The number of halogens is 1. The minimum Gasteiger partial charge on any atom is -0.378 e. The molecule has 4 nitrogen and oxygen atoms in total. The van der Waals surface area contributed by atoms with E-state index in [1.807, 2.05) is 11.1 Å². The van der Waals surface area contributed by atoms with Crippen LogP contribution in [0.25, 0.3) is 0 Å². The van der Waals surface area contributed by atoms with Crippen LogP contribution in [0.5, 0.6) is 0 Å². The summed E-state index contributed by atoms with van der Waals surface area (Å²) in [6.07, 6.45) is 0. The standard InChI is InChI=1S/C6H8BrN3O/c7-6(5-8)9-10-1-3-11-4-2-10/h1-4H2. The van der Waals surface area contributed by atoms with E-state index in [9.17, 15) is 0 Å². The number of ether oxygens (including phenoxy) is 1. The normalized spacial score (nSPS) is 19.6. The minimum absolute atomic E-state index is 0.319. The second-order valence-electron chi connectivity index (χ2n) is 2.07. The summed E-state index contributed by atoms with van der Waals surface area (Å²) >= 11 is 3.02. The zero-order valence-corrected chi connectivity index (χ0v) is 7.54. The highest BCUT2D eigenvalue weighted by Crippen LogP contribution is 1.99. The number of hydrogen-bond acceptors (Lipinski definition) is 4. The smallest absolute Gasteiger partial charge is 0.202 e. The fourth-order valence-corrected chi connectivity index (χ4v) is 1.02. The highest BCUT2D eigenvalue weighted by Gasteiger charge is 2.07. The molecule has 0 aliphatic carbocycles. The molecule has 0 radical (unpaired) electrons. The van der Waals surface area contributed by atoms with Crippen molar-refractivity contribution in [1.29, 1.82) is 5.26 Å². The molecule has 1 saturated heterocycles. The Morgan fingerprint density at radius 3 is 2.73 bits per heavy atom. The van der Waals surface area contributed by atoms with Gasteiger partial charge in [-0.05, 0) is 15.9 Å². The van der Waals surface area contributed by atoms with Gasteiger partial charge in [-0.1, -0.05) is 0 Å². The Morgan fingerprint density at radius 2 is 2.18 bits per heavy atom. The van der Waals surface area contributed by atoms with Gasteiger partial charge in [0.15, 0.2) is 0 Å². The van der Waals surface area contributed by atoms with E-state index < -0.39 is 0 Å². The summed E-state index contributed by atoms with van der Waals surface area (Å²) in [6, 6.07) is 1.90. The van der Waals surface area contributed by atoms with Crippen LogP contribution in [-0.2, 0) is 4.74 Å². The van der Waals surface area contributed by atoms with Gasteiger partial charge >= 0.3 is 0 Å². The fraction of sp³-hybridized carbons (Fsp3) is 0.667. The van der Waals surface area contributed by atoms with Gasteiger partial charge in [-0.3, -0.25) is 5.01 Å². The van der Waals surface area contributed by atoms with Crippen molar-refractivity contribution in [2.24, 2.45) is 5.10 Å². The molecule has 0 unspecified atom stereocenters. The maximum atomic E-state index is 8.38. The molecule has 0 aromatic heterocycles. The van der Waals surface area contributed by atoms with Gasteiger partial charge in [-0.15, -0.1) is 0 Å². The average Bonchev–Trinajstić information content (AvgIpc) is 2.06. The second-order valence-corrected chi connectivity index (χ2v) is 2.82. The van der Waals surface area contributed by atoms with Crippen LogP contribution in [0.2, 0.25) is 0 Å². The molecule has 60 valence electrons. The first-order valence-electron chi connectivity index (χ1n) is 3.30. The lowest BCUT2D eigenvalue weighted by atomic mass is 10.5. The van der Waals surface area contributed by atoms with E-state index in [0.717, 1.165) is 13.1 Å². The molecule has 1 rings (SSSR count). The third-order valence-electron chi connectivity index (χ3n) is 1.31. The Balaban J connectivity index is 2.42. The Kier molecular flexibility index (Phi) is 3.33. The van der Waals surface area contributed by atoms with Crippen LogP contribution in [0.15, 0.2) is 5.10 Å². The molecule has 0 aromatic rings. The van der Waals surface area contributed by atoms with Crippen LogP contribution in [0.3, 0.4) is 0 Å². The molecule has 5 heteroatoms. The van der Waals surface area contributed by atoms with Gasteiger partial charge in [0.2, 0.25) is 4.62 Å². The number of nitrogens with zero attached hydrogens (tertiary/aromatic N) is 3. The Hall–Kier alpha value is -0.600. The zero-order valence-electron chi connectivity index (χ0n) is 5.96. The van der Waals surface area contributed by atoms with Crippen LogP contribution < -0.4 is 0 Å². The fourth-order valence-electron chi connectivity index (χ4n) is 0.800. The summed E-state index contributed by atoms with van der Waals surface area (Å²) in [4.78, 5) is 0. The molecule has 1 aliphatic rings. The van der Waals surface area contributed by atoms with Gasteiger partial charge in [-0.2, -0.15) is 10.4 Å². The van der Waals surface area contributed by atoms with E-state index in [4.69, 9.17) is 10.00 Å². The molecule has 1 heterocycles. The molecule has 1 aliphatic heterocycles. The lowest BCUT2D eigenvalue weighted by molar-refractivity contribution is 0.0396. The molecular weight excluding hydrogens is 210 g/mol. The number of nitriles is 1.